The Hall–Kier alpha value is -2.08. The van der Waals surface area contributed by atoms with Gasteiger partial charge in [0.25, 0.3) is 0 Å². The molecule has 1 aliphatic carbocycles. The highest BCUT2D eigenvalue weighted by molar-refractivity contribution is 5.48. The Balaban J connectivity index is 1.57. The number of nitrogens with zero attached hydrogens (tertiary/aromatic N) is 2. The van der Waals surface area contributed by atoms with Crippen molar-refractivity contribution in [2.45, 2.75) is 37.5 Å². The summed E-state index contributed by atoms with van der Waals surface area (Å²) < 4.78 is 22.7. The predicted molar refractivity (Wildman–Crippen MR) is 84.2 cm³/mol. The van der Waals surface area contributed by atoms with E-state index in [9.17, 15) is 0 Å². The number of ether oxygens (including phenoxy) is 3. The van der Waals surface area contributed by atoms with Crippen LogP contribution in [0.4, 0.5) is 0 Å². The molecular formula is C18H20N2O4. The average Bonchev–Trinajstić information content (AvgIpc) is 3.06. The molecule has 3 heterocycles. The van der Waals surface area contributed by atoms with E-state index in [0.29, 0.717) is 30.9 Å². The first-order valence-corrected chi connectivity index (χ1v) is 8.58. The third kappa shape index (κ3) is 2.13. The molecule has 1 aromatic carbocycles. The van der Waals surface area contributed by atoms with Gasteiger partial charge >= 0.3 is 0 Å². The lowest BCUT2D eigenvalue weighted by Crippen LogP contribution is -2.35. The molecule has 0 amide bonds. The van der Waals surface area contributed by atoms with Crippen LogP contribution in [0.1, 0.15) is 49.4 Å². The maximum atomic E-state index is 6.14. The normalized spacial score (nSPS) is 27.2. The molecule has 1 saturated carbocycles. The number of fused-ring (bicyclic) bond motifs is 1. The summed E-state index contributed by atoms with van der Waals surface area (Å²) in [6.07, 6.45) is 2.80. The van der Waals surface area contributed by atoms with Gasteiger partial charge in [-0.3, -0.25) is 0 Å². The van der Waals surface area contributed by atoms with E-state index in [0.717, 1.165) is 42.2 Å². The smallest absolute Gasteiger partial charge is 0.231 e. The Bertz CT molecular complexity index is 766. The van der Waals surface area contributed by atoms with E-state index in [-0.39, 0.29) is 12.2 Å². The molecule has 2 aliphatic heterocycles. The largest absolute Gasteiger partial charge is 0.454 e. The summed E-state index contributed by atoms with van der Waals surface area (Å²) in [5.74, 6) is 4.14. The molecular weight excluding hydrogens is 308 g/mol. The molecule has 0 spiro atoms. The SMILES string of the molecule is C[C@H]1C[C@@H]1c1nnc(C2(c3ccc4c(c3)OCO4)CCOCC2)o1. The number of aromatic nitrogens is 2. The van der Waals surface area contributed by atoms with Gasteiger partial charge in [0.1, 0.15) is 0 Å². The highest BCUT2D eigenvalue weighted by atomic mass is 16.7. The molecule has 0 N–H and O–H groups in total. The van der Waals surface area contributed by atoms with Gasteiger partial charge in [0.15, 0.2) is 11.5 Å². The van der Waals surface area contributed by atoms with Crippen LogP contribution in [0.25, 0.3) is 0 Å². The van der Waals surface area contributed by atoms with Crippen LogP contribution in [-0.2, 0) is 10.2 Å². The average molecular weight is 328 g/mol. The number of hydrogen-bond acceptors (Lipinski definition) is 6. The lowest BCUT2D eigenvalue weighted by molar-refractivity contribution is 0.0539. The molecule has 6 nitrogen and oxygen atoms in total. The molecule has 5 rings (SSSR count). The summed E-state index contributed by atoms with van der Waals surface area (Å²) >= 11 is 0. The summed E-state index contributed by atoms with van der Waals surface area (Å²) in [5.41, 5.74) is 0.830. The van der Waals surface area contributed by atoms with Gasteiger partial charge in [0.05, 0.1) is 5.41 Å². The lowest BCUT2D eigenvalue weighted by Gasteiger charge is -2.34. The van der Waals surface area contributed by atoms with Gasteiger partial charge in [-0.2, -0.15) is 0 Å². The number of hydrogen-bond donors (Lipinski definition) is 0. The fourth-order valence-electron chi connectivity index (χ4n) is 3.78. The van der Waals surface area contributed by atoms with Crippen LogP contribution in [0.15, 0.2) is 22.6 Å². The minimum absolute atomic E-state index is 0.277. The Morgan fingerprint density at radius 2 is 1.88 bits per heavy atom. The van der Waals surface area contributed by atoms with Crippen LogP contribution in [-0.4, -0.2) is 30.2 Å². The van der Waals surface area contributed by atoms with Crippen molar-refractivity contribution in [1.29, 1.82) is 0 Å². The summed E-state index contributed by atoms with van der Waals surface area (Å²) in [7, 11) is 0. The summed E-state index contributed by atoms with van der Waals surface area (Å²) in [6.45, 7) is 3.87. The van der Waals surface area contributed by atoms with Crippen molar-refractivity contribution in [3.63, 3.8) is 0 Å². The van der Waals surface area contributed by atoms with E-state index < -0.39 is 0 Å². The van der Waals surface area contributed by atoms with Crippen LogP contribution < -0.4 is 9.47 Å². The van der Waals surface area contributed by atoms with Gasteiger partial charge in [-0.25, -0.2) is 0 Å². The lowest BCUT2D eigenvalue weighted by atomic mass is 9.74. The van der Waals surface area contributed by atoms with Crippen LogP contribution in [0.5, 0.6) is 11.5 Å². The first-order chi connectivity index (χ1) is 11.8. The van der Waals surface area contributed by atoms with Crippen LogP contribution >= 0.6 is 0 Å². The van der Waals surface area contributed by atoms with E-state index >= 15 is 0 Å². The minimum Gasteiger partial charge on any atom is -0.454 e. The molecule has 126 valence electrons. The highest BCUT2D eigenvalue weighted by Gasteiger charge is 2.44. The van der Waals surface area contributed by atoms with Crippen LogP contribution in [0, 0.1) is 5.92 Å². The number of rotatable bonds is 3. The monoisotopic (exact) mass is 328 g/mol. The van der Waals surface area contributed by atoms with Crippen molar-refractivity contribution in [2.24, 2.45) is 5.92 Å². The zero-order valence-electron chi connectivity index (χ0n) is 13.7. The van der Waals surface area contributed by atoms with Gasteiger partial charge in [-0.05, 0) is 42.9 Å². The van der Waals surface area contributed by atoms with Crippen LogP contribution in [0.3, 0.4) is 0 Å². The van der Waals surface area contributed by atoms with Crippen LogP contribution in [0.2, 0.25) is 0 Å². The van der Waals surface area contributed by atoms with Crippen molar-refractivity contribution in [1.82, 2.24) is 10.2 Å². The molecule has 1 aromatic heterocycles. The third-order valence-electron chi connectivity index (χ3n) is 5.55. The second kappa shape index (κ2) is 5.21. The Morgan fingerprint density at radius 3 is 2.67 bits per heavy atom. The van der Waals surface area contributed by atoms with Gasteiger partial charge in [0.2, 0.25) is 18.6 Å². The predicted octanol–water partition coefficient (Wildman–Crippen LogP) is 3.02. The first kappa shape index (κ1) is 14.3. The third-order valence-corrected chi connectivity index (χ3v) is 5.55. The molecule has 3 aliphatic rings. The minimum atomic E-state index is -0.303. The van der Waals surface area contributed by atoms with Gasteiger partial charge in [-0.15, -0.1) is 10.2 Å². The molecule has 2 atom stereocenters. The Kier molecular flexibility index (Phi) is 3.10. The van der Waals surface area contributed by atoms with Crippen molar-refractivity contribution in [3.8, 4) is 11.5 Å². The molecule has 0 bridgehead atoms. The van der Waals surface area contributed by atoms with E-state index in [1.54, 1.807) is 0 Å². The highest BCUT2D eigenvalue weighted by Crippen LogP contribution is 2.49. The second-order valence-electron chi connectivity index (χ2n) is 7.03. The maximum absolute atomic E-state index is 6.14. The first-order valence-electron chi connectivity index (χ1n) is 8.58. The van der Waals surface area contributed by atoms with Gasteiger partial charge in [-0.1, -0.05) is 13.0 Å². The molecule has 0 unspecified atom stereocenters. The van der Waals surface area contributed by atoms with E-state index in [1.807, 2.05) is 6.07 Å². The standard InChI is InChI=1S/C18H20N2O4/c1-11-8-13(11)16-19-20-17(24-16)18(4-6-21-7-5-18)12-2-3-14-15(9-12)23-10-22-14/h2-3,9,11,13H,4-8,10H2,1H3/t11-,13-/m0/s1. The zero-order valence-corrected chi connectivity index (χ0v) is 13.7. The van der Waals surface area contributed by atoms with Gasteiger partial charge < -0.3 is 18.6 Å². The van der Waals surface area contributed by atoms with E-state index in [1.165, 1.54) is 0 Å². The molecule has 24 heavy (non-hydrogen) atoms. The summed E-state index contributed by atoms with van der Waals surface area (Å²) in [4.78, 5) is 0. The molecule has 2 aromatic rings. The topological polar surface area (TPSA) is 66.6 Å². The number of benzene rings is 1. The molecule has 2 fully saturated rings. The zero-order chi connectivity index (χ0) is 16.1. The van der Waals surface area contributed by atoms with Crippen molar-refractivity contribution in [3.05, 3.63) is 35.5 Å². The quantitative estimate of drug-likeness (QED) is 0.863. The Labute approximate surface area is 140 Å². The fourth-order valence-corrected chi connectivity index (χ4v) is 3.78. The molecule has 1 saturated heterocycles. The maximum Gasteiger partial charge on any atom is 0.231 e. The fraction of sp³-hybridized carbons (Fsp3) is 0.556. The van der Waals surface area contributed by atoms with Crippen molar-refractivity contribution in [2.75, 3.05) is 20.0 Å². The van der Waals surface area contributed by atoms with Crippen molar-refractivity contribution >= 4 is 0 Å². The molecule has 6 heteroatoms. The second-order valence-corrected chi connectivity index (χ2v) is 7.03. The summed E-state index contributed by atoms with van der Waals surface area (Å²) in [5, 5.41) is 8.77. The molecule has 0 radical (unpaired) electrons. The summed E-state index contributed by atoms with van der Waals surface area (Å²) in [6, 6.07) is 6.11. The van der Waals surface area contributed by atoms with Gasteiger partial charge in [0, 0.05) is 19.1 Å². The van der Waals surface area contributed by atoms with E-state index in [2.05, 4.69) is 29.3 Å². The van der Waals surface area contributed by atoms with E-state index in [4.69, 9.17) is 18.6 Å². The Morgan fingerprint density at radius 1 is 1.08 bits per heavy atom. The van der Waals surface area contributed by atoms with Crippen molar-refractivity contribution < 1.29 is 18.6 Å².